The largest absolute Gasteiger partial charge is 0.478 e. The molecule has 0 radical (unpaired) electrons. The molecule has 4 nitrogen and oxygen atoms in total. The van der Waals surface area contributed by atoms with Crippen LogP contribution in [0.1, 0.15) is 13.8 Å². The number of aliphatic carboxylic acids is 1. The van der Waals surface area contributed by atoms with Gasteiger partial charge in [-0.3, -0.25) is 0 Å². The molecule has 2 atom stereocenters. The van der Waals surface area contributed by atoms with E-state index in [0.29, 0.717) is 6.61 Å². The number of hydrogen-bond acceptors (Lipinski definition) is 3. The van der Waals surface area contributed by atoms with Crippen molar-refractivity contribution in [3.8, 4) is 0 Å². The van der Waals surface area contributed by atoms with Crippen LogP contribution in [-0.4, -0.2) is 29.7 Å². The van der Waals surface area contributed by atoms with Crippen molar-refractivity contribution >= 4 is 13.8 Å². The van der Waals surface area contributed by atoms with Crippen LogP contribution in [0.2, 0.25) is 0 Å². The maximum absolute atomic E-state index is 11.3. The Hall–Kier alpha value is -0.730. The Morgan fingerprint density at radius 2 is 2.23 bits per heavy atom. The third kappa shape index (κ3) is 4.76. The zero-order chi connectivity index (χ0) is 10.4. The normalized spacial score (nSPS) is 13.5. The standard InChI is InChI=1S/C8H13O4P/c1-4-12-7(3)13(11)5-6(2)8(9)10/h7H,2,4-5H2,1,3H3/p+1. The van der Waals surface area contributed by atoms with E-state index in [2.05, 4.69) is 6.58 Å². The average molecular weight is 205 g/mol. The van der Waals surface area contributed by atoms with Gasteiger partial charge >= 0.3 is 13.8 Å². The number of carboxylic acids is 1. The summed E-state index contributed by atoms with van der Waals surface area (Å²) in [6, 6.07) is 0. The van der Waals surface area contributed by atoms with Crippen LogP contribution < -0.4 is 0 Å². The molecule has 0 fully saturated rings. The van der Waals surface area contributed by atoms with E-state index in [-0.39, 0.29) is 11.7 Å². The van der Waals surface area contributed by atoms with Gasteiger partial charge in [0, 0.05) is 13.5 Å². The van der Waals surface area contributed by atoms with Crippen molar-refractivity contribution in [3.63, 3.8) is 0 Å². The molecule has 0 saturated heterocycles. The maximum atomic E-state index is 11.3. The molecule has 0 aliphatic heterocycles. The van der Waals surface area contributed by atoms with E-state index in [4.69, 9.17) is 9.84 Å². The summed E-state index contributed by atoms with van der Waals surface area (Å²) in [7, 11) is -1.67. The van der Waals surface area contributed by atoms with E-state index in [1.807, 2.05) is 0 Å². The first kappa shape index (κ1) is 12.3. The van der Waals surface area contributed by atoms with Crippen molar-refractivity contribution in [3.05, 3.63) is 12.2 Å². The fourth-order valence-electron chi connectivity index (χ4n) is 0.709. The van der Waals surface area contributed by atoms with Crippen LogP contribution in [0.5, 0.6) is 0 Å². The molecule has 0 aromatic rings. The average Bonchev–Trinajstić information content (AvgIpc) is 2.04. The van der Waals surface area contributed by atoms with Gasteiger partial charge in [-0.1, -0.05) is 11.1 Å². The molecule has 0 aromatic carbocycles. The Morgan fingerprint density at radius 1 is 1.69 bits per heavy atom. The molecule has 0 saturated carbocycles. The van der Waals surface area contributed by atoms with E-state index in [1.165, 1.54) is 0 Å². The van der Waals surface area contributed by atoms with Crippen LogP contribution in [0.25, 0.3) is 0 Å². The van der Waals surface area contributed by atoms with Gasteiger partial charge in [-0.15, -0.1) is 0 Å². The predicted octanol–water partition coefficient (Wildman–Crippen LogP) is 1.84. The van der Waals surface area contributed by atoms with Gasteiger partial charge in [0.1, 0.15) is 0 Å². The third-order valence-corrected chi connectivity index (χ3v) is 3.12. The predicted molar refractivity (Wildman–Crippen MR) is 50.3 cm³/mol. The minimum absolute atomic E-state index is 0.00810. The highest BCUT2D eigenvalue weighted by molar-refractivity contribution is 7.45. The molecule has 5 heteroatoms. The molecule has 0 aliphatic carbocycles. The van der Waals surface area contributed by atoms with Crippen LogP contribution in [0.4, 0.5) is 0 Å². The Bertz CT molecular complexity index is 224. The highest BCUT2D eigenvalue weighted by Crippen LogP contribution is 2.30. The zero-order valence-corrected chi connectivity index (χ0v) is 8.71. The van der Waals surface area contributed by atoms with Gasteiger partial charge in [-0.05, 0) is 6.92 Å². The van der Waals surface area contributed by atoms with Crippen LogP contribution >= 0.6 is 7.80 Å². The molecule has 0 amide bonds. The lowest BCUT2D eigenvalue weighted by Gasteiger charge is -2.00. The lowest BCUT2D eigenvalue weighted by Crippen LogP contribution is -2.08. The SMILES string of the molecule is C=C(C[P+](=O)C(C)OCC)C(=O)O. The van der Waals surface area contributed by atoms with Crippen LogP contribution in [0.15, 0.2) is 12.2 Å². The van der Waals surface area contributed by atoms with Crippen LogP contribution in [0, 0.1) is 0 Å². The fraction of sp³-hybridized carbons (Fsp3) is 0.625. The van der Waals surface area contributed by atoms with Gasteiger partial charge in [0.25, 0.3) is 5.85 Å². The topological polar surface area (TPSA) is 63.6 Å². The summed E-state index contributed by atoms with van der Waals surface area (Å²) in [6.07, 6.45) is -0.00810. The minimum atomic E-state index is -1.67. The van der Waals surface area contributed by atoms with Gasteiger partial charge in [0.05, 0.1) is 5.57 Å². The number of hydrogen-bond donors (Lipinski definition) is 1. The van der Waals surface area contributed by atoms with Gasteiger partial charge in [-0.25, -0.2) is 4.79 Å². The van der Waals surface area contributed by atoms with E-state index < -0.39 is 19.6 Å². The van der Waals surface area contributed by atoms with Crippen molar-refractivity contribution in [1.82, 2.24) is 0 Å². The van der Waals surface area contributed by atoms with E-state index >= 15 is 0 Å². The molecule has 0 heterocycles. The Labute approximate surface area is 78.4 Å². The summed E-state index contributed by atoms with van der Waals surface area (Å²) in [4.78, 5) is 10.3. The van der Waals surface area contributed by atoms with E-state index in [9.17, 15) is 9.36 Å². The molecule has 0 spiro atoms. The molecular weight excluding hydrogens is 191 g/mol. The molecular formula is C8H14O4P+. The Morgan fingerprint density at radius 3 is 2.62 bits per heavy atom. The van der Waals surface area contributed by atoms with Gasteiger partial charge < -0.3 is 9.84 Å². The van der Waals surface area contributed by atoms with Crippen molar-refractivity contribution in [1.29, 1.82) is 0 Å². The molecule has 1 N–H and O–H groups in total. The highest BCUT2D eigenvalue weighted by atomic mass is 31.1. The first-order valence-electron chi connectivity index (χ1n) is 3.95. The lowest BCUT2D eigenvalue weighted by atomic mass is 10.4. The van der Waals surface area contributed by atoms with Crippen molar-refractivity contribution in [2.24, 2.45) is 0 Å². The zero-order valence-electron chi connectivity index (χ0n) is 7.82. The second kappa shape index (κ2) is 5.84. The first-order valence-corrected chi connectivity index (χ1v) is 5.46. The number of carbonyl (C=O) groups is 1. The molecule has 13 heavy (non-hydrogen) atoms. The van der Waals surface area contributed by atoms with E-state index in [1.54, 1.807) is 13.8 Å². The lowest BCUT2D eigenvalue weighted by molar-refractivity contribution is -0.132. The molecule has 74 valence electrons. The van der Waals surface area contributed by atoms with Crippen molar-refractivity contribution in [2.75, 3.05) is 12.8 Å². The molecule has 0 rings (SSSR count). The minimum Gasteiger partial charge on any atom is -0.478 e. The Kier molecular flexibility index (Phi) is 5.51. The summed E-state index contributed by atoms with van der Waals surface area (Å²) in [5.74, 6) is -1.51. The number of rotatable bonds is 6. The monoisotopic (exact) mass is 205 g/mol. The van der Waals surface area contributed by atoms with Gasteiger partial charge in [0.2, 0.25) is 0 Å². The highest BCUT2D eigenvalue weighted by Gasteiger charge is 2.28. The second-order valence-electron chi connectivity index (χ2n) is 2.54. The Balaban J connectivity index is 4.00. The van der Waals surface area contributed by atoms with Crippen molar-refractivity contribution < 1.29 is 19.2 Å². The molecule has 0 aromatic heterocycles. The maximum Gasteiger partial charge on any atom is 0.374 e. The summed E-state index contributed by atoms with van der Waals surface area (Å²) in [5.41, 5.74) is -0.0346. The van der Waals surface area contributed by atoms with Gasteiger partial charge in [0.15, 0.2) is 6.16 Å². The van der Waals surface area contributed by atoms with Crippen LogP contribution in [0.3, 0.4) is 0 Å². The summed E-state index contributed by atoms with van der Waals surface area (Å²) >= 11 is 0. The summed E-state index contributed by atoms with van der Waals surface area (Å²) in [5, 5.41) is 8.47. The summed E-state index contributed by atoms with van der Waals surface area (Å²) in [6.45, 7) is 7.23. The van der Waals surface area contributed by atoms with Crippen molar-refractivity contribution in [2.45, 2.75) is 19.7 Å². The van der Waals surface area contributed by atoms with Crippen LogP contribution in [-0.2, 0) is 14.1 Å². The first-order chi connectivity index (χ1) is 5.99. The fourth-order valence-corrected chi connectivity index (χ4v) is 1.79. The molecule has 0 aliphatic rings. The van der Waals surface area contributed by atoms with Gasteiger partial charge in [-0.2, -0.15) is 0 Å². The molecule has 0 bridgehead atoms. The quantitative estimate of drug-likeness (QED) is 0.530. The smallest absolute Gasteiger partial charge is 0.374 e. The molecule has 2 unspecified atom stereocenters. The summed E-state index contributed by atoms with van der Waals surface area (Å²) < 4.78 is 16.4. The number of carboxylic acid groups (broad SMARTS) is 1. The third-order valence-electron chi connectivity index (χ3n) is 1.46. The number of ether oxygens (including phenoxy) is 1. The van der Waals surface area contributed by atoms with E-state index in [0.717, 1.165) is 0 Å². The second-order valence-corrected chi connectivity index (χ2v) is 4.42.